The molecule has 0 unspecified atom stereocenters. The molecule has 0 aliphatic heterocycles. The molecule has 1 amide bonds. The van der Waals surface area contributed by atoms with E-state index >= 15 is 0 Å². The van der Waals surface area contributed by atoms with Crippen LogP contribution in [0.4, 0.5) is 0 Å². The summed E-state index contributed by atoms with van der Waals surface area (Å²) in [5.41, 5.74) is 5.61. The minimum atomic E-state index is -0.409. The monoisotopic (exact) mass is 325 g/mol. The molecule has 0 bridgehead atoms. The molecule has 1 aromatic rings. The van der Waals surface area contributed by atoms with Crippen molar-refractivity contribution < 1.29 is 4.79 Å². The topological polar surface area (TPSA) is 43.1 Å². The number of rotatable bonds is 1. The molecule has 11 heavy (non-hydrogen) atoms. The molecule has 0 heterocycles. The molecule has 1 aromatic carbocycles. The predicted molar refractivity (Wildman–Crippen MR) is 55.4 cm³/mol. The smallest absolute Gasteiger partial charge is 0.249 e. The molecule has 0 spiro atoms. The number of carbonyl (C=O) groups is 1. The summed E-state index contributed by atoms with van der Waals surface area (Å²) in [6.45, 7) is 0. The molecule has 0 atom stereocenters. The average molecular weight is 326 g/mol. The summed E-state index contributed by atoms with van der Waals surface area (Å²) in [7, 11) is 0. The maximum atomic E-state index is 10.7. The zero-order chi connectivity index (χ0) is 8.43. The van der Waals surface area contributed by atoms with Gasteiger partial charge in [0.2, 0.25) is 5.91 Å². The summed E-state index contributed by atoms with van der Waals surface area (Å²) < 4.78 is 1.82. The van der Waals surface area contributed by atoms with Gasteiger partial charge in [0.05, 0.1) is 5.56 Å². The van der Waals surface area contributed by atoms with Crippen LogP contribution in [0.1, 0.15) is 10.4 Å². The minimum absolute atomic E-state index is 0.409. The summed E-state index contributed by atoms with van der Waals surface area (Å²) in [5, 5.41) is 0. The van der Waals surface area contributed by atoms with Crippen LogP contribution in [0, 0.1) is 3.57 Å². The quantitative estimate of drug-likeness (QED) is 0.790. The number of hydrogen-bond donors (Lipinski definition) is 1. The third-order valence-electron chi connectivity index (χ3n) is 1.20. The highest BCUT2D eigenvalue weighted by Crippen LogP contribution is 2.18. The van der Waals surface area contributed by atoms with Crippen LogP contribution in [-0.2, 0) is 0 Å². The Morgan fingerprint density at radius 1 is 1.55 bits per heavy atom. The second kappa shape index (κ2) is 3.53. The first kappa shape index (κ1) is 8.99. The summed E-state index contributed by atoms with van der Waals surface area (Å²) in [5.74, 6) is -0.409. The van der Waals surface area contributed by atoms with E-state index in [1.54, 1.807) is 6.07 Å². The second-order valence-corrected chi connectivity index (χ2v) is 4.09. The summed E-state index contributed by atoms with van der Waals surface area (Å²) in [6.07, 6.45) is 0. The standard InChI is InChI=1S/C7H5BrINO/c8-6-3-4(9)1-2-5(6)7(10)11/h1-3H,(H2,10,11). The van der Waals surface area contributed by atoms with Gasteiger partial charge in [0, 0.05) is 8.04 Å². The van der Waals surface area contributed by atoms with Crippen LogP contribution in [-0.4, -0.2) is 5.91 Å². The van der Waals surface area contributed by atoms with Gasteiger partial charge in [0.15, 0.2) is 0 Å². The maximum Gasteiger partial charge on any atom is 0.249 e. The van der Waals surface area contributed by atoms with Crippen molar-refractivity contribution in [3.05, 3.63) is 31.8 Å². The van der Waals surface area contributed by atoms with E-state index in [1.807, 2.05) is 12.1 Å². The molecule has 0 aromatic heterocycles. The Hall–Kier alpha value is -0.100. The highest BCUT2D eigenvalue weighted by molar-refractivity contribution is 14.1. The molecule has 4 heteroatoms. The van der Waals surface area contributed by atoms with E-state index in [2.05, 4.69) is 38.5 Å². The van der Waals surface area contributed by atoms with Crippen LogP contribution >= 0.6 is 38.5 Å². The van der Waals surface area contributed by atoms with Crippen LogP contribution in [0.15, 0.2) is 22.7 Å². The van der Waals surface area contributed by atoms with Crippen molar-refractivity contribution in [2.24, 2.45) is 5.73 Å². The number of nitrogens with two attached hydrogens (primary N) is 1. The fourth-order valence-corrected chi connectivity index (χ4v) is 2.18. The first-order valence-corrected chi connectivity index (χ1v) is 4.73. The third-order valence-corrected chi connectivity index (χ3v) is 2.52. The Morgan fingerprint density at radius 2 is 2.18 bits per heavy atom. The van der Waals surface area contributed by atoms with Crippen LogP contribution in [0.25, 0.3) is 0 Å². The fraction of sp³-hybridized carbons (Fsp3) is 0. The number of amides is 1. The lowest BCUT2D eigenvalue weighted by atomic mass is 10.2. The summed E-state index contributed by atoms with van der Waals surface area (Å²) in [4.78, 5) is 10.7. The van der Waals surface area contributed by atoms with Gasteiger partial charge < -0.3 is 5.73 Å². The Morgan fingerprint density at radius 3 is 2.64 bits per heavy atom. The molecule has 0 aliphatic carbocycles. The van der Waals surface area contributed by atoms with Crippen molar-refractivity contribution in [2.75, 3.05) is 0 Å². The number of benzene rings is 1. The molecule has 0 aliphatic rings. The van der Waals surface area contributed by atoms with Crippen molar-refractivity contribution in [3.63, 3.8) is 0 Å². The zero-order valence-corrected chi connectivity index (χ0v) is 9.22. The van der Waals surface area contributed by atoms with Gasteiger partial charge in [-0.15, -0.1) is 0 Å². The van der Waals surface area contributed by atoms with Crippen LogP contribution in [0.2, 0.25) is 0 Å². The molecule has 2 nitrogen and oxygen atoms in total. The van der Waals surface area contributed by atoms with Crippen molar-refractivity contribution in [3.8, 4) is 0 Å². The first-order chi connectivity index (χ1) is 5.11. The minimum Gasteiger partial charge on any atom is -0.366 e. The molecule has 0 saturated carbocycles. The van der Waals surface area contributed by atoms with E-state index < -0.39 is 5.91 Å². The summed E-state index contributed by atoms with van der Waals surface area (Å²) >= 11 is 5.41. The van der Waals surface area contributed by atoms with Gasteiger partial charge in [-0.3, -0.25) is 4.79 Å². The van der Waals surface area contributed by atoms with Crippen LogP contribution in [0.5, 0.6) is 0 Å². The fourth-order valence-electron chi connectivity index (χ4n) is 0.689. The van der Waals surface area contributed by atoms with Crippen LogP contribution < -0.4 is 5.73 Å². The van der Waals surface area contributed by atoms with Gasteiger partial charge >= 0.3 is 0 Å². The molecule has 58 valence electrons. The van der Waals surface area contributed by atoms with E-state index in [-0.39, 0.29) is 0 Å². The Labute approximate surface area is 86.4 Å². The van der Waals surface area contributed by atoms with E-state index in [1.165, 1.54) is 0 Å². The Kier molecular flexibility index (Phi) is 2.89. The van der Waals surface area contributed by atoms with Crippen molar-refractivity contribution in [2.45, 2.75) is 0 Å². The van der Waals surface area contributed by atoms with Crippen LogP contribution in [0.3, 0.4) is 0 Å². The normalized spacial score (nSPS) is 9.64. The SMILES string of the molecule is NC(=O)c1ccc(I)cc1Br. The molecule has 0 radical (unpaired) electrons. The third kappa shape index (κ3) is 2.16. The summed E-state index contributed by atoms with van der Waals surface area (Å²) in [6, 6.07) is 5.39. The zero-order valence-electron chi connectivity index (χ0n) is 5.47. The predicted octanol–water partition coefficient (Wildman–Crippen LogP) is 2.15. The number of halogens is 2. The first-order valence-electron chi connectivity index (χ1n) is 2.86. The second-order valence-electron chi connectivity index (χ2n) is 1.99. The number of hydrogen-bond acceptors (Lipinski definition) is 1. The van der Waals surface area contributed by atoms with Gasteiger partial charge in [-0.1, -0.05) is 0 Å². The van der Waals surface area contributed by atoms with Crippen molar-refractivity contribution in [1.29, 1.82) is 0 Å². The molecule has 1 rings (SSSR count). The lowest BCUT2D eigenvalue weighted by Gasteiger charge is -1.98. The maximum absolute atomic E-state index is 10.7. The molecule has 2 N–H and O–H groups in total. The molecular weight excluding hydrogens is 321 g/mol. The van der Waals surface area contributed by atoms with Gasteiger partial charge in [-0.25, -0.2) is 0 Å². The largest absolute Gasteiger partial charge is 0.366 e. The van der Waals surface area contributed by atoms with Crippen molar-refractivity contribution in [1.82, 2.24) is 0 Å². The van der Waals surface area contributed by atoms with Crippen molar-refractivity contribution >= 4 is 44.4 Å². The van der Waals surface area contributed by atoms with Gasteiger partial charge in [-0.05, 0) is 56.7 Å². The van der Waals surface area contributed by atoms with E-state index in [4.69, 9.17) is 5.73 Å². The highest BCUT2D eigenvalue weighted by atomic mass is 127. The average Bonchev–Trinajstić information content (AvgIpc) is 1.85. The molecule has 0 saturated heterocycles. The van der Waals surface area contributed by atoms with E-state index in [0.717, 1.165) is 8.04 Å². The Balaban J connectivity index is 3.20. The lowest BCUT2D eigenvalue weighted by Crippen LogP contribution is -2.11. The highest BCUT2D eigenvalue weighted by Gasteiger charge is 2.04. The number of carbonyl (C=O) groups excluding carboxylic acids is 1. The molecular formula is C7H5BrINO. The van der Waals surface area contributed by atoms with E-state index in [0.29, 0.717) is 5.56 Å². The van der Waals surface area contributed by atoms with Gasteiger partial charge in [-0.2, -0.15) is 0 Å². The van der Waals surface area contributed by atoms with E-state index in [9.17, 15) is 4.79 Å². The lowest BCUT2D eigenvalue weighted by molar-refractivity contribution is 0.0999. The van der Waals surface area contributed by atoms with Gasteiger partial charge in [0.25, 0.3) is 0 Å². The molecule has 0 fully saturated rings. The van der Waals surface area contributed by atoms with Gasteiger partial charge in [0.1, 0.15) is 0 Å². The Bertz CT molecular complexity index is 300. The number of primary amides is 1.